The Morgan fingerprint density at radius 1 is 1.58 bits per heavy atom. The molecule has 1 aromatic rings. The van der Waals surface area contributed by atoms with E-state index in [-0.39, 0.29) is 11.0 Å². The lowest BCUT2D eigenvalue weighted by molar-refractivity contribution is 0.593. The van der Waals surface area contributed by atoms with E-state index in [1.165, 1.54) is 11.3 Å². The van der Waals surface area contributed by atoms with Crippen molar-refractivity contribution in [1.29, 1.82) is 0 Å². The summed E-state index contributed by atoms with van der Waals surface area (Å²) in [6.45, 7) is 0. The van der Waals surface area contributed by atoms with Gasteiger partial charge in [0.15, 0.2) is 9.84 Å². The van der Waals surface area contributed by atoms with Crippen molar-refractivity contribution in [2.24, 2.45) is 0 Å². The highest BCUT2D eigenvalue weighted by molar-refractivity contribution is 7.91. The normalized spacial score (nSPS) is 18.0. The van der Waals surface area contributed by atoms with E-state index in [0.717, 1.165) is 12.8 Å². The van der Waals surface area contributed by atoms with Crippen LogP contribution >= 0.6 is 11.3 Å². The molecule has 2 rings (SSSR count). The van der Waals surface area contributed by atoms with Crippen LogP contribution in [0, 0.1) is 0 Å². The third-order valence-corrected chi connectivity index (χ3v) is 4.69. The van der Waals surface area contributed by atoms with Gasteiger partial charge in [-0.05, 0) is 12.8 Å². The Balaban J connectivity index is 2.12. The molecule has 1 fully saturated rings. The molecule has 1 saturated carbocycles. The zero-order valence-electron chi connectivity index (χ0n) is 6.43. The molecule has 0 spiro atoms. The minimum Gasteiger partial charge on any atom is -0.249 e. The predicted octanol–water partition coefficient (Wildman–Crippen LogP) is 1.22. The number of rotatable bonds is 3. The third-order valence-electron chi connectivity index (χ3n) is 1.86. The molecule has 0 bridgehead atoms. The van der Waals surface area contributed by atoms with Gasteiger partial charge in [-0.1, -0.05) is 0 Å². The standard InChI is InChI=1S/C7H9NO2S2/c9-12(10,7-1-2-7)4-6-3-11-5-8-6/h3,5,7H,1-2,4H2. The van der Waals surface area contributed by atoms with E-state index in [0.29, 0.717) is 5.69 Å². The lowest BCUT2D eigenvalue weighted by Crippen LogP contribution is -2.09. The topological polar surface area (TPSA) is 47.0 Å². The van der Waals surface area contributed by atoms with Gasteiger partial charge in [0.1, 0.15) is 0 Å². The molecule has 5 heteroatoms. The van der Waals surface area contributed by atoms with Gasteiger partial charge in [0.25, 0.3) is 0 Å². The van der Waals surface area contributed by atoms with Gasteiger partial charge in [0.05, 0.1) is 22.2 Å². The molecular formula is C7H9NO2S2. The number of thiazole rings is 1. The van der Waals surface area contributed by atoms with Crippen molar-refractivity contribution in [3.63, 3.8) is 0 Å². The molecule has 1 aliphatic carbocycles. The minimum atomic E-state index is -2.87. The summed E-state index contributed by atoms with van der Waals surface area (Å²) in [5.41, 5.74) is 2.35. The minimum absolute atomic E-state index is 0.0702. The van der Waals surface area contributed by atoms with E-state index in [9.17, 15) is 8.42 Å². The van der Waals surface area contributed by atoms with Gasteiger partial charge in [-0.15, -0.1) is 11.3 Å². The van der Waals surface area contributed by atoms with E-state index >= 15 is 0 Å². The number of sulfone groups is 1. The molecule has 1 heterocycles. The van der Waals surface area contributed by atoms with Gasteiger partial charge in [0, 0.05) is 5.38 Å². The fourth-order valence-corrected chi connectivity index (χ4v) is 3.38. The SMILES string of the molecule is O=S(=O)(Cc1cscn1)C1CC1. The van der Waals surface area contributed by atoms with Crippen LogP contribution in [-0.2, 0) is 15.6 Å². The maximum atomic E-state index is 11.4. The first kappa shape index (κ1) is 8.19. The van der Waals surface area contributed by atoms with Gasteiger partial charge in [-0.25, -0.2) is 13.4 Å². The monoisotopic (exact) mass is 203 g/mol. The van der Waals surface area contributed by atoms with E-state index in [4.69, 9.17) is 0 Å². The molecule has 0 amide bonds. The summed E-state index contributed by atoms with van der Waals surface area (Å²) in [6.07, 6.45) is 1.68. The van der Waals surface area contributed by atoms with Gasteiger partial charge < -0.3 is 0 Å². The second kappa shape index (κ2) is 2.81. The van der Waals surface area contributed by atoms with Crippen molar-refractivity contribution in [3.8, 4) is 0 Å². The van der Waals surface area contributed by atoms with Gasteiger partial charge in [-0.2, -0.15) is 0 Å². The van der Waals surface area contributed by atoms with Crippen LogP contribution in [0.2, 0.25) is 0 Å². The van der Waals surface area contributed by atoms with Crippen LogP contribution in [0.25, 0.3) is 0 Å². The molecule has 3 nitrogen and oxygen atoms in total. The summed E-state index contributed by atoms with van der Waals surface area (Å²) in [6, 6.07) is 0. The Morgan fingerprint density at radius 2 is 2.33 bits per heavy atom. The molecule has 66 valence electrons. The number of nitrogens with zero attached hydrogens (tertiary/aromatic N) is 1. The summed E-state index contributed by atoms with van der Waals surface area (Å²) in [5.74, 6) is 0.126. The molecule has 0 atom stereocenters. The van der Waals surface area contributed by atoms with Crippen LogP contribution in [0.1, 0.15) is 18.5 Å². The first-order valence-electron chi connectivity index (χ1n) is 3.77. The van der Waals surface area contributed by atoms with Crippen molar-refractivity contribution in [2.75, 3.05) is 0 Å². The number of hydrogen-bond acceptors (Lipinski definition) is 4. The van der Waals surface area contributed by atoms with Crippen LogP contribution in [0.5, 0.6) is 0 Å². The average Bonchev–Trinajstić information content (AvgIpc) is 2.74. The van der Waals surface area contributed by atoms with E-state index < -0.39 is 9.84 Å². The van der Waals surface area contributed by atoms with E-state index in [1.54, 1.807) is 10.9 Å². The van der Waals surface area contributed by atoms with Crippen LogP contribution < -0.4 is 0 Å². The number of aromatic nitrogens is 1. The molecule has 0 saturated heterocycles. The number of hydrogen-bond donors (Lipinski definition) is 0. The summed E-state index contributed by atoms with van der Waals surface area (Å²) in [7, 11) is -2.87. The molecule has 0 unspecified atom stereocenters. The highest BCUT2D eigenvalue weighted by Gasteiger charge is 2.35. The second-order valence-electron chi connectivity index (χ2n) is 2.99. The Bertz CT molecular complexity index is 351. The van der Waals surface area contributed by atoms with E-state index in [2.05, 4.69) is 4.98 Å². The Labute approximate surface area is 75.4 Å². The molecule has 1 aromatic heterocycles. The molecule has 0 radical (unpaired) electrons. The van der Waals surface area contributed by atoms with E-state index in [1.807, 2.05) is 0 Å². The van der Waals surface area contributed by atoms with Crippen LogP contribution in [0.3, 0.4) is 0 Å². The van der Waals surface area contributed by atoms with Crippen molar-refractivity contribution in [1.82, 2.24) is 4.98 Å². The largest absolute Gasteiger partial charge is 0.249 e. The van der Waals surface area contributed by atoms with Crippen molar-refractivity contribution >= 4 is 21.2 Å². The molecule has 0 N–H and O–H groups in total. The highest BCUT2D eigenvalue weighted by atomic mass is 32.2. The molecule has 1 aliphatic rings. The fourth-order valence-electron chi connectivity index (χ4n) is 1.06. The maximum absolute atomic E-state index is 11.4. The Kier molecular flexibility index (Phi) is 1.92. The Morgan fingerprint density at radius 3 is 2.83 bits per heavy atom. The zero-order valence-corrected chi connectivity index (χ0v) is 8.07. The van der Waals surface area contributed by atoms with Crippen molar-refractivity contribution in [3.05, 3.63) is 16.6 Å². The Hall–Kier alpha value is -0.420. The van der Waals surface area contributed by atoms with Gasteiger partial charge in [-0.3, -0.25) is 0 Å². The first-order valence-corrected chi connectivity index (χ1v) is 6.43. The van der Waals surface area contributed by atoms with Crippen molar-refractivity contribution in [2.45, 2.75) is 23.8 Å². The summed E-state index contributed by atoms with van der Waals surface area (Å²) in [5, 5.41) is 1.72. The maximum Gasteiger partial charge on any atom is 0.158 e. The predicted molar refractivity (Wildman–Crippen MR) is 47.8 cm³/mol. The lowest BCUT2D eigenvalue weighted by atomic mass is 10.6. The summed E-state index contributed by atoms with van der Waals surface area (Å²) < 4.78 is 22.8. The highest BCUT2D eigenvalue weighted by Crippen LogP contribution is 2.30. The molecule has 0 aromatic carbocycles. The molecule has 0 aliphatic heterocycles. The average molecular weight is 203 g/mol. The smallest absolute Gasteiger partial charge is 0.158 e. The quantitative estimate of drug-likeness (QED) is 0.742. The zero-order chi connectivity index (χ0) is 8.60. The second-order valence-corrected chi connectivity index (χ2v) is 5.99. The fraction of sp³-hybridized carbons (Fsp3) is 0.571. The van der Waals surface area contributed by atoms with Crippen LogP contribution in [-0.4, -0.2) is 18.7 Å². The van der Waals surface area contributed by atoms with Gasteiger partial charge in [0.2, 0.25) is 0 Å². The molecule has 12 heavy (non-hydrogen) atoms. The summed E-state index contributed by atoms with van der Waals surface area (Å²) in [4.78, 5) is 3.95. The molecular weight excluding hydrogens is 194 g/mol. The lowest BCUT2D eigenvalue weighted by Gasteiger charge is -1.97. The first-order chi connectivity index (χ1) is 5.68. The van der Waals surface area contributed by atoms with Crippen LogP contribution in [0.15, 0.2) is 10.9 Å². The van der Waals surface area contributed by atoms with Crippen molar-refractivity contribution < 1.29 is 8.42 Å². The summed E-state index contributed by atoms with van der Waals surface area (Å²) >= 11 is 1.44. The third kappa shape index (κ3) is 1.67. The van der Waals surface area contributed by atoms with Crippen LogP contribution in [0.4, 0.5) is 0 Å². The van der Waals surface area contributed by atoms with Gasteiger partial charge >= 0.3 is 0 Å².